The first kappa shape index (κ1) is 27.5. The molecule has 0 bridgehead atoms. The third kappa shape index (κ3) is 5.80. The van der Waals surface area contributed by atoms with Crippen LogP contribution in [-0.2, 0) is 29.6 Å². The maximum Gasteiger partial charge on any atom is 0.264 e. The Kier molecular flexibility index (Phi) is 8.31. The van der Waals surface area contributed by atoms with Crippen molar-refractivity contribution in [2.45, 2.75) is 9.79 Å². The van der Waals surface area contributed by atoms with E-state index in [0.29, 0.717) is 4.31 Å². The molecule has 0 spiro atoms. The molecular weight excluding hydrogens is 537 g/mol. The molecule has 0 aliphatic carbocycles. The first-order valence-electron chi connectivity index (χ1n) is 11.5. The Hall–Kier alpha value is -3.52. The number of anilines is 2. The second-order valence-corrected chi connectivity index (χ2v) is 12.0. The largest absolute Gasteiger partial charge is 0.495 e. The van der Waals surface area contributed by atoms with E-state index < -0.39 is 38.3 Å². The minimum Gasteiger partial charge on any atom is -0.495 e. The fraction of sp³-hybridized carbons (Fsp3) is 0.240. The molecular formula is C25H26FN3O7S2. The molecule has 1 fully saturated rings. The first-order valence-corrected chi connectivity index (χ1v) is 14.4. The summed E-state index contributed by atoms with van der Waals surface area (Å²) in [6.45, 7) is 0.0588. The number of nitrogens with zero attached hydrogens (tertiary/aromatic N) is 2. The summed E-state index contributed by atoms with van der Waals surface area (Å²) in [5.41, 5.74) is -0.218. The van der Waals surface area contributed by atoms with Crippen LogP contribution in [0.15, 0.2) is 82.6 Å². The minimum atomic E-state index is -4.32. The average molecular weight is 564 g/mol. The molecule has 0 atom stereocenters. The summed E-state index contributed by atoms with van der Waals surface area (Å²) in [5, 5.41) is 2.52. The monoisotopic (exact) mass is 563 g/mol. The van der Waals surface area contributed by atoms with Crippen LogP contribution in [0.1, 0.15) is 0 Å². The predicted molar refractivity (Wildman–Crippen MR) is 139 cm³/mol. The fourth-order valence-corrected chi connectivity index (χ4v) is 6.93. The maximum absolute atomic E-state index is 14.7. The van der Waals surface area contributed by atoms with E-state index in [1.54, 1.807) is 6.07 Å². The van der Waals surface area contributed by atoms with E-state index in [1.165, 1.54) is 72.1 Å². The summed E-state index contributed by atoms with van der Waals surface area (Å²) in [6.07, 6.45) is 0. The Bertz CT molecular complexity index is 1510. The number of halogens is 1. The normalized spacial score (nSPS) is 14.6. The Morgan fingerprint density at radius 2 is 1.66 bits per heavy atom. The third-order valence-corrected chi connectivity index (χ3v) is 9.47. The van der Waals surface area contributed by atoms with Crippen molar-refractivity contribution in [1.29, 1.82) is 0 Å². The van der Waals surface area contributed by atoms with Gasteiger partial charge in [0.05, 0.1) is 30.9 Å². The van der Waals surface area contributed by atoms with E-state index >= 15 is 0 Å². The van der Waals surface area contributed by atoms with Crippen molar-refractivity contribution in [2.75, 3.05) is 49.6 Å². The second kappa shape index (κ2) is 11.5. The van der Waals surface area contributed by atoms with Gasteiger partial charge in [-0.3, -0.25) is 9.10 Å². The molecule has 1 amide bonds. The third-order valence-electron chi connectivity index (χ3n) is 5.77. The van der Waals surface area contributed by atoms with Crippen molar-refractivity contribution in [3.8, 4) is 5.75 Å². The predicted octanol–water partition coefficient (Wildman–Crippen LogP) is 2.69. The van der Waals surface area contributed by atoms with Crippen LogP contribution < -0.4 is 14.4 Å². The van der Waals surface area contributed by atoms with Crippen molar-refractivity contribution in [2.24, 2.45) is 0 Å². The van der Waals surface area contributed by atoms with E-state index in [1.807, 2.05) is 0 Å². The topological polar surface area (TPSA) is 122 Å². The van der Waals surface area contributed by atoms with Crippen LogP contribution in [0.5, 0.6) is 5.75 Å². The van der Waals surface area contributed by atoms with Gasteiger partial charge in [0.1, 0.15) is 23.0 Å². The Labute approximate surface area is 220 Å². The van der Waals surface area contributed by atoms with Crippen LogP contribution in [0.3, 0.4) is 0 Å². The number of hydrogen-bond acceptors (Lipinski definition) is 7. The number of morpholine rings is 1. The first-order chi connectivity index (χ1) is 18.1. The molecule has 1 aliphatic heterocycles. The van der Waals surface area contributed by atoms with Gasteiger partial charge in [-0.15, -0.1) is 0 Å². The summed E-state index contributed by atoms with van der Waals surface area (Å²) < 4.78 is 80.3. The molecule has 1 heterocycles. The molecule has 3 aromatic rings. The fourth-order valence-electron chi connectivity index (χ4n) is 3.89. The maximum atomic E-state index is 14.7. The number of para-hydroxylation sites is 1. The number of carbonyl (C=O) groups is 1. The lowest BCUT2D eigenvalue weighted by atomic mass is 10.3. The number of carbonyl (C=O) groups excluding carboxylic acids is 1. The number of amides is 1. The molecule has 38 heavy (non-hydrogen) atoms. The molecule has 0 unspecified atom stereocenters. The highest BCUT2D eigenvalue weighted by atomic mass is 32.2. The number of hydrogen-bond donors (Lipinski definition) is 1. The number of methoxy groups -OCH3 is 1. The summed E-state index contributed by atoms with van der Waals surface area (Å²) >= 11 is 0. The van der Waals surface area contributed by atoms with Gasteiger partial charge in [-0.05, 0) is 42.5 Å². The highest BCUT2D eigenvalue weighted by Crippen LogP contribution is 2.31. The summed E-state index contributed by atoms with van der Waals surface area (Å²) in [4.78, 5) is 12.8. The summed E-state index contributed by atoms with van der Waals surface area (Å²) in [6, 6.07) is 16.6. The zero-order valence-electron chi connectivity index (χ0n) is 20.4. The van der Waals surface area contributed by atoms with Gasteiger partial charge in [-0.1, -0.05) is 30.3 Å². The zero-order valence-corrected chi connectivity index (χ0v) is 22.0. The van der Waals surface area contributed by atoms with Crippen LogP contribution in [0.2, 0.25) is 0 Å². The molecule has 1 aliphatic rings. The molecule has 13 heteroatoms. The van der Waals surface area contributed by atoms with Gasteiger partial charge in [0, 0.05) is 18.8 Å². The zero-order chi connectivity index (χ0) is 27.3. The Morgan fingerprint density at radius 3 is 2.32 bits per heavy atom. The van der Waals surface area contributed by atoms with E-state index in [-0.39, 0.29) is 53.2 Å². The van der Waals surface area contributed by atoms with Crippen molar-refractivity contribution < 1.29 is 35.5 Å². The van der Waals surface area contributed by atoms with E-state index in [4.69, 9.17) is 9.47 Å². The van der Waals surface area contributed by atoms with Gasteiger partial charge in [0.2, 0.25) is 15.9 Å². The van der Waals surface area contributed by atoms with Crippen molar-refractivity contribution >= 4 is 37.3 Å². The van der Waals surface area contributed by atoms with E-state index in [0.717, 1.165) is 6.07 Å². The van der Waals surface area contributed by atoms with Crippen LogP contribution in [-0.4, -0.2) is 67.0 Å². The lowest BCUT2D eigenvalue weighted by molar-refractivity contribution is -0.114. The van der Waals surface area contributed by atoms with Gasteiger partial charge < -0.3 is 14.8 Å². The van der Waals surface area contributed by atoms with Gasteiger partial charge in [-0.2, -0.15) is 4.31 Å². The van der Waals surface area contributed by atoms with E-state index in [9.17, 15) is 26.0 Å². The van der Waals surface area contributed by atoms with Crippen LogP contribution in [0.4, 0.5) is 15.8 Å². The smallest absolute Gasteiger partial charge is 0.264 e. The quantitative estimate of drug-likeness (QED) is 0.425. The van der Waals surface area contributed by atoms with Crippen molar-refractivity contribution in [3.05, 3.63) is 78.6 Å². The highest BCUT2D eigenvalue weighted by molar-refractivity contribution is 7.92. The molecule has 0 radical (unpaired) electrons. The van der Waals surface area contributed by atoms with Gasteiger partial charge in [-0.25, -0.2) is 21.2 Å². The average Bonchev–Trinajstić information content (AvgIpc) is 2.93. The number of rotatable bonds is 9. The van der Waals surface area contributed by atoms with Crippen LogP contribution >= 0.6 is 0 Å². The number of nitrogens with one attached hydrogen (secondary N) is 1. The lowest BCUT2D eigenvalue weighted by Crippen LogP contribution is -2.40. The highest BCUT2D eigenvalue weighted by Gasteiger charge is 2.31. The molecule has 4 rings (SSSR count). The van der Waals surface area contributed by atoms with Crippen molar-refractivity contribution in [1.82, 2.24) is 4.31 Å². The molecule has 1 N–H and O–H groups in total. The van der Waals surface area contributed by atoms with Gasteiger partial charge in [0.25, 0.3) is 10.0 Å². The summed E-state index contributed by atoms with van der Waals surface area (Å²) in [7, 11) is -6.97. The van der Waals surface area contributed by atoms with Crippen molar-refractivity contribution in [3.63, 3.8) is 0 Å². The Morgan fingerprint density at radius 1 is 1.00 bits per heavy atom. The molecule has 1 saturated heterocycles. The second-order valence-electron chi connectivity index (χ2n) is 8.21. The van der Waals surface area contributed by atoms with Crippen LogP contribution in [0.25, 0.3) is 0 Å². The van der Waals surface area contributed by atoms with E-state index in [2.05, 4.69) is 5.32 Å². The minimum absolute atomic E-state index is 0.0779. The van der Waals surface area contributed by atoms with Gasteiger partial charge >= 0.3 is 0 Å². The standard InChI is InChI=1S/C25H26FN3O7S2/c1-35-23-12-11-19(17-24(23)38(33,34)28-13-15-36-16-14-28)27-25(30)18-29(22-10-6-5-9-21(22)26)37(31,32)20-7-3-2-4-8-20/h2-12,17H,13-16,18H2,1H3,(H,27,30). The molecule has 0 aromatic heterocycles. The summed E-state index contributed by atoms with van der Waals surface area (Å²) in [5.74, 6) is -1.56. The molecule has 3 aromatic carbocycles. The molecule has 10 nitrogen and oxygen atoms in total. The molecule has 0 saturated carbocycles. The van der Waals surface area contributed by atoms with Gasteiger partial charge in [0.15, 0.2) is 0 Å². The van der Waals surface area contributed by atoms with Crippen LogP contribution in [0, 0.1) is 5.82 Å². The Balaban J connectivity index is 1.64. The number of benzene rings is 3. The SMILES string of the molecule is COc1ccc(NC(=O)CN(c2ccccc2F)S(=O)(=O)c2ccccc2)cc1S(=O)(=O)N1CCOCC1. The molecule has 202 valence electrons. The number of sulfonamides is 2. The number of ether oxygens (including phenoxy) is 2. The lowest BCUT2D eigenvalue weighted by Gasteiger charge is -2.27.